The van der Waals surface area contributed by atoms with Crippen LogP contribution in [0.4, 0.5) is 0 Å². The summed E-state index contributed by atoms with van der Waals surface area (Å²) in [5.41, 5.74) is 10.5. The summed E-state index contributed by atoms with van der Waals surface area (Å²) in [7, 11) is 0. The van der Waals surface area contributed by atoms with Crippen molar-refractivity contribution in [2.45, 2.75) is 31.5 Å². The number of hydrogen-bond donors (Lipinski definition) is 2. The number of rotatable bonds is 4. The molecule has 2 heterocycles. The van der Waals surface area contributed by atoms with Gasteiger partial charge in [0.15, 0.2) is 0 Å². The molecule has 3 unspecified atom stereocenters. The maximum atomic E-state index is 4.02. The lowest BCUT2D eigenvalue weighted by molar-refractivity contribution is 0.284. The van der Waals surface area contributed by atoms with E-state index in [2.05, 4.69) is 149 Å². The number of allylic oxidation sites excluding steroid dienone is 6. The Labute approximate surface area is 241 Å². The van der Waals surface area contributed by atoms with Crippen LogP contribution in [0.15, 0.2) is 145 Å². The van der Waals surface area contributed by atoms with Crippen molar-refractivity contribution in [1.29, 1.82) is 0 Å². The Morgan fingerprint density at radius 2 is 1.32 bits per heavy atom. The van der Waals surface area contributed by atoms with Gasteiger partial charge in [-0.05, 0) is 65.8 Å². The van der Waals surface area contributed by atoms with Gasteiger partial charge in [-0.25, -0.2) is 0 Å². The van der Waals surface area contributed by atoms with Crippen LogP contribution in [0.3, 0.4) is 0 Å². The smallest absolute Gasteiger partial charge is 0.0996 e. The molecule has 5 aromatic rings. The Kier molecular flexibility index (Phi) is 5.97. The number of aromatic nitrogens is 1. The second kappa shape index (κ2) is 10.1. The van der Waals surface area contributed by atoms with Gasteiger partial charge in [-0.1, -0.05) is 109 Å². The van der Waals surface area contributed by atoms with Gasteiger partial charge in [0, 0.05) is 34.1 Å². The molecule has 200 valence electrons. The monoisotopic (exact) mass is 531 g/mol. The van der Waals surface area contributed by atoms with E-state index in [9.17, 15) is 0 Å². The first-order valence-corrected chi connectivity index (χ1v) is 14.8. The summed E-state index contributed by atoms with van der Waals surface area (Å²) in [5.74, 6) is 0.409. The molecular weight excluding hydrogens is 498 g/mol. The maximum absolute atomic E-state index is 4.02. The van der Waals surface area contributed by atoms with E-state index >= 15 is 0 Å². The summed E-state index contributed by atoms with van der Waals surface area (Å²) in [6.07, 6.45) is 14.6. The van der Waals surface area contributed by atoms with E-state index in [1.165, 1.54) is 55.5 Å². The zero-order chi connectivity index (χ0) is 27.2. The van der Waals surface area contributed by atoms with E-state index in [4.69, 9.17) is 0 Å². The predicted molar refractivity (Wildman–Crippen MR) is 171 cm³/mol. The lowest BCUT2D eigenvalue weighted by Gasteiger charge is -2.43. The second-order valence-corrected chi connectivity index (χ2v) is 11.4. The van der Waals surface area contributed by atoms with Crippen molar-refractivity contribution >= 4 is 27.5 Å². The van der Waals surface area contributed by atoms with E-state index < -0.39 is 0 Å². The van der Waals surface area contributed by atoms with Crippen LogP contribution < -0.4 is 10.6 Å². The van der Waals surface area contributed by atoms with E-state index in [-0.39, 0.29) is 12.2 Å². The number of benzene rings is 4. The maximum Gasteiger partial charge on any atom is 0.0996 e. The van der Waals surface area contributed by atoms with Crippen molar-refractivity contribution in [3.63, 3.8) is 0 Å². The Morgan fingerprint density at radius 1 is 0.634 bits per heavy atom. The van der Waals surface area contributed by atoms with Crippen LogP contribution in [-0.2, 0) is 0 Å². The fourth-order valence-corrected chi connectivity index (χ4v) is 6.97. The molecule has 8 rings (SSSR count). The van der Waals surface area contributed by atoms with Gasteiger partial charge >= 0.3 is 0 Å². The molecule has 3 aliphatic rings. The zero-order valence-electron chi connectivity index (χ0n) is 23.0. The molecule has 2 N–H and O–H groups in total. The van der Waals surface area contributed by atoms with Gasteiger partial charge < -0.3 is 9.88 Å². The minimum Gasteiger partial charge on any atom is -0.369 e. The summed E-state index contributed by atoms with van der Waals surface area (Å²) < 4.78 is 2.46. The third-order valence-electron chi connectivity index (χ3n) is 9.04. The number of nitrogens with zero attached hydrogens (tertiary/aromatic N) is 1. The minimum atomic E-state index is 0.110. The first-order valence-electron chi connectivity index (χ1n) is 14.8. The van der Waals surface area contributed by atoms with E-state index in [0.717, 1.165) is 19.3 Å². The highest BCUT2D eigenvalue weighted by Gasteiger charge is 2.35. The number of nitrogens with one attached hydrogen (secondary N) is 2. The topological polar surface area (TPSA) is 29.0 Å². The van der Waals surface area contributed by atoms with Crippen LogP contribution in [0, 0.1) is 5.92 Å². The van der Waals surface area contributed by atoms with Gasteiger partial charge in [-0.15, -0.1) is 0 Å². The molecule has 4 aromatic carbocycles. The summed E-state index contributed by atoms with van der Waals surface area (Å²) in [6.45, 7) is 0. The largest absolute Gasteiger partial charge is 0.369 e. The molecule has 0 spiro atoms. The lowest BCUT2D eigenvalue weighted by Crippen LogP contribution is -2.54. The van der Waals surface area contributed by atoms with Crippen LogP contribution in [-0.4, -0.2) is 10.7 Å². The van der Waals surface area contributed by atoms with E-state index in [0.29, 0.717) is 5.92 Å². The predicted octanol–water partition coefficient (Wildman–Crippen LogP) is 8.74. The minimum absolute atomic E-state index is 0.110. The Hall–Kier alpha value is -4.60. The Bertz CT molecular complexity index is 1810. The molecule has 0 bridgehead atoms. The highest BCUT2D eigenvalue weighted by Crippen LogP contribution is 2.39. The molecule has 41 heavy (non-hydrogen) atoms. The third kappa shape index (κ3) is 4.25. The number of hydrogen-bond acceptors (Lipinski definition) is 2. The third-order valence-corrected chi connectivity index (χ3v) is 9.04. The molecule has 1 aliphatic heterocycles. The van der Waals surface area contributed by atoms with E-state index in [1.807, 2.05) is 0 Å². The fourth-order valence-electron chi connectivity index (χ4n) is 6.97. The van der Waals surface area contributed by atoms with Crippen molar-refractivity contribution in [2.75, 3.05) is 0 Å². The molecule has 2 aliphatic carbocycles. The summed E-state index contributed by atoms with van der Waals surface area (Å²) in [6, 6.07) is 37.6. The molecule has 0 amide bonds. The molecule has 1 saturated heterocycles. The van der Waals surface area contributed by atoms with Gasteiger partial charge in [0.1, 0.15) is 0 Å². The average molecular weight is 532 g/mol. The van der Waals surface area contributed by atoms with Crippen LogP contribution in [0.25, 0.3) is 38.6 Å². The molecule has 3 nitrogen and oxygen atoms in total. The normalized spacial score (nSPS) is 22.0. The zero-order valence-corrected chi connectivity index (χ0v) is 23.0. The van der Waals surface area contributed by atoms with Crippen molar-refractivity contribution in [2.24, 2.45) is 5.92 Å². The first kappa shape index (κ1) is 24.2. The van der Waals surface area contributed by atoms with Crippen LogP contribution in [0.1, 0.15) is 30.9 Å². The highest BCUT2D eigenvalue weighted by atomic mass is 15.2. The highest BCUT2D eigenvalue weighted by molar-refractivity contribution is 6.10. The summed E-state index contributed by atoms with van der Waals surface area (Å²) in [5, 5.41) is 10.5. The van der Waals surface area contributed by atoms with Crippen molar-refractivity contribution in [1.82, 2.24) is 15.2 Å². The average Bonchev–Trinajstić information content (AvgIpc) is 3.39. The molecule has 3 heteroatoms. The molecular formula is C38H33N3. The van der Waals surface area contributed by atoms with Gasteiger partial charge in [0.05, 0.1) is 17.2 Å². The Balaban J connectivity index is 1.12. The first-order chi connectivity index (χ1) is 20.3. The quantitative estimate of drug-likeness (QED) is 0.243. The number of para-hydroxylation sites is 2. The van der Waals surface area contributed by atoms with Crippen LogP contribution in [0.5, 0.6) is 0 Å². The van der Waals surface area contributed by atoms with Gasteiger partial charge in [-0.3, -0.25) is 5.32 Å². The standard InChI is InChI=1S/C38H33N3/c1-2-10-26(11-3-1)27-18-20-28(21-19-27)37-33-14-4-7-15-34(33)39-38(40-37)29-22-24-30(25-23-29)41-35-16-8-5-12-31(35)32-13-6-9-17-36(32)41/h1-13,15-22,24,33,37-40H,14,23,25H2. The van der Waals surface area contributed by atoms with Crippen LogP contribution in [0.2, 0.25) is 0 Å². The fraction of sp³-hybridized carbons (Fsp3) is 0.158. The SMILES string of the molecule is C1=CCC2C(=C1)NC(C1=CC=C(n3c4ccccc4c4ccccc43)CC1)NC2c1ccc(-c2ccccc2)cc1. The summed E-state index contributed by atoms with van der Waals surface area (Å²) in [4.78, 5) is 0. The van der Waals surface area contributed by atoms with Gasteiger partial charge in [0.2, 0.25) is 0 Å². The second-order valence-electron chi connectivity index (χ2n) is 11.4. The lowest BCUT2D eigenvalue weighted by atomic mass is 9.82. The van der Waals surface area contributed by atoms with Crippen LogP contribution >= 0.6 is 0 Å². The van der Waals surface area contributed by atoms with Crippen molar-refractivity contribution in [3.8, 4) is 11.1 Å². The van der Waals surface area contributed by atoms with Crippen molar-refractivity contribution < 1.29 is 0 Å². The molecule has 1 aromatic heterocycles. The summed E-state index contributed by atoms with van der Waals surface area (Å²) >= 11 is 0. The van der Waals surface area contributed by atoms with E-state index in [1.54, 1.807) is 0 Å². The molecule has 0 saturated carbocycles. The van der Waals surface area contributed by atoms with Gasteiger partial charge in [0.25, 0.3) is 0 Å². The molecule has 3 atom stereocenters. The molecule has 0 radical (unpaired) electrons. The number of fused-ring (bicyclic) bond motifs is 4. The molecule has 1 fully saturated rings. The van der Waals surface area contributed by atoms with Gasteiger partial charge in [-0.2, -0.15) is 0 Å². The Morgan fingerprint density at radius 3 is 2.02 bits per heavy atom. The van der Waals surface area contributed by atoms with Crippen molar-refractivity contribution in [3.05, 3.63) is 150 Å².